The summed E-state index contributed by atoms with van der Waals surface area (Å²) >= 11 is 5.74. The van der Waals surface area contributed by atoms with Gasteiger partial charge >= 0.3 is 0 Å². The van der Waals surface area contributed by atoms with E-state index >= 15 is 0 Å². The summed E-state index contributed by atoms with van der Waals surface area (Å²) in [4.78, 5) is 0. The van der Waals surface area contributed by atoms with E-state index in [4.69, 9.17) is 11.6 Å². The van der Waals surface area contributed by atoms with Gasteiger partial charge in [0, 0.05) is 0 Å². The fraction of sp³-hybridized carbons (Fsp3) is 0.647. The second-order valence-corrected chi connectivity index (χ2v) is 6.29. The molecule has 19 heavy (non-hydrogen) atoms. The highest BCUT2D eigenvalue weighted by Crippen LogP contribution is 2.38. The molecule has 0 radical (unpaired) electrons. The molecule has 1 aromatic rings. The number of halogens is 2. The molecule has 2 heteroatoms. The van der Waals surface area contributed by atoms with Gasteiger partial charge in [-0.25, -0.2) is 4.39 Å². The highest BCUT2D eigenvalue weighted by molar-refractivity contribution is 6.30. The molecule has 0 atom stereocenters. The van der Waals surface area contributed by atoms with E-state index in [1.807, 2.05) is 6.07 Å². The Kier molecular flexibility index (Phi) is 5.69. The molecule has 1 aliphatic rings. The van der Waals surface area contributed by atoms with Crippen LogP contribution in [-0.4, -0.2) is 0 Å². The van der Waals surface area contributed by atoms with E-state index in [0.29, 0.717) is 5.92 Å². The zero-order chi connectivity index (χ0) is 13.7. The maximum atomic E-state index is 13.5. The monoisotopic (exact) mass is 282 g/mol. The summed E-state index contributed by atoms with van der Waals surface area (Å²) < 4.78 is 13.5. The lowest BCUT2D eigenvalue weighted by Crippen LogP contribution is -2.13. The summed E-state index contributed by atoms with van der Waals surface area (Å²) in [5.74, 6) is 1.17. The van der Waals surface area contributed by atoms with Gasteiger partial charge in [-0.1, -0.05) is 50.3 Å². The third-order valence-corrected chi connectivity index (χ3v) is 4.78. The normalized spacial score (nSPS) is 23.5. The molecule has 106 valence electrons. The van der Waals surface area contributed by atoms with Crippen LogP contribution in [0.5, 0.6) is 0 Å². The van der Waals surface area contributed by atoms with Crippen molar-refractivity contribution in [1.29, 1.82) is 0 Å². The minimum atomic E-state index is -0.274. The molecule has 0 aromatic heterocycles. The van der Waals surface area contributed by atoms with Crippen LogP contribution in [0, 0.1) is 11.7 Å². The summed E-state index contributed by atoms with van der Waals surface area (Å²) in [5, 5.41) is 0.233. The fourth-order valence-corrected chi connectivity index (χ4v) is 3.35. The predicted molar refractivity (Wildman–Crippen MR) is 80.3 cm³/mol. The average molecular weight is 283 g/mol. The Morgan fingerprint density at radius 3 is 2.53 bits per heavy atom. The fourth-order valence-electron chi connectivity index (χ4n) is 3.23. The largest absolute Gasteiger partial charge is 0.205 e. The molecule has 0 heterocycles. The quantitative estimate of drug-likeness (QED) is 0.553. The lowest BCUT2D eigenvalue weighted by atomic mass is 9.77. The Labute approximate surface area is 121 Å². The average Bonchev–Trinajstić information content (AvgIpc) is 2.43. The van der Waals surface area contributed by atoms with E-state index in [-0.39, 0.29) is 10.8 Å². The first-order valence-corrected chi connectivity index (χ1v) is 8.03. The van der Waals surface area contributed by atoms with Gasteiger partial charge in [0.2, 0.25) is 0 Å². The molecule has 1 aromatic carbocycles. The number of rotatable bonds is 5. The Morgan fingerprint density at radius 1 is 1.16 bits per heavy atom. The minimum Gasteiger partial charge on any atom is -0.205 e. The van der Waals surface area contributed by atoms with Crippen molar-refractivity contribution in [2.24, 2.45) is 5.92 Å². The van der Waals surface area contributed by atoms with Crippen molar-refractivity contribution in [3.05, 3.63) is 34.6 Å². The Balaban J connectivity index is 1.84. The third kappa shape index (κ3) is 4.21. The highest BCUT2D eigenvalue weighted by Gasteiger charge is 2.22. The third-order valence-electron chi connectivity index (χ3n) is 4.48. The summed E-state index contributed by atoms with van der Waals surface area (Å²) in [6, 6.07) is 5.32. The maximum absolute atomic E-state index is 13.5. The van der Waals surface area contributed by atoms with E-state index in [2.05, 4.69) is 6.92 Å². The van der Waals surface area contributed by atoms with Crippen molar-refractivity contribution in [3.63, 3.8) is 0 Å². The maximum Gasteiger partial charge on any atom is 0.142 e. The Bertz CT molecular complexity index is 394. The first-order chi connectivity index (χ1) is 9.20. The zero-order valence-electron chi connectivity index (χ0n) is 11.8. The summed E-state index contributed by atoms with van der Waals surface area (Å²) in [6.07, 6.45) is 10.5. The highest BCUT2D eigenvalue weighted by atomic mass is 35.5. The molecule has 1 aliphatic carbocycles. The smallest absolute Gasteiger partial charge is 0.142 e. The summed E-state index contributed by atoms with van der Waals surface area (Å²) in [7, 11) is 0. The van der Waals surface area contributed by atoms with Gasteiger partial charge in [0.05, 0.1) is 5.02 Å². The molecule has 0 saturated heterocycles. The molecule has 1 fully saturated rings. The summed E-state index contributed by atoms with van der Waals surface area (Å²) in [5.41, 5.74) is 1.13. The van der Waals surface area contributed by atoms with E-state index in [9.17, 15) is 4.39 Å². The van der Waals surface area contributed by atoms with Gasteiger partial charge in [0.25, 0.3) is 0 Å². The molecule has 0 N–H and O–H groups in total. The second kappa shape index (κ2) is 7.28. The van der Waals surface area contributed by atoms with Crippen molar-refractivity contribution in [2.75, 3.05) is 0 Å². The van der Waals surface area contributed by atoms with Gasteiger partial charge in [-0.3, -0.25) is 0 Å². The van der Waals surface area contributed by atoms with Crippen molar-refractivity contribution >= 4 is 11.6 Å². The second-order valence-electron chi connectivity index (χ2n) is 5.89. The predicted octanol–water partition coefficient (Wildman–Crippen LogP) is 6.33. The molecule has 0 amide bonds. The number of benzene rings is 1. The van der Waals surface area contributed by atoms with Crippen LogP contribution in [0.3, 0.4) is 0 Å². The lowest BCUT2D eigenvalue weighted by molar-refractivity contribution is 0.302. The zero-order valence-corrected chi connectivity index (χ0v) is 12.6. The Morgan fingerprint density at radius 2 is 1.89 bits per heavy atom. The topological polar surface area (TPSA) is 0 Å². The van der Waals surface area contributed by atoms with Gasteiger partial charge in [-0.15, -0.1) is 0 Å². The molecule has 0 unspecified atom stereocenters. The van der Waals surface area contributed by atoms with Crippen molar-refractivity contribution < 1.29 is 4.39 Å². The SMILES string of the molecule is CCCCC[C@H]1CC[C@H](c2ccc(Cl)c(F)c2)CC1. The van der Waals surface area contributed by atoms with E-state index in [1.165, 1.54) is 51.4 Å². The lowest BCUT2D eigenvalue weighted by Gasteiger charge is -2.29. The van der Waals surface area contributed by atoms with Gasteiger partial charge in [0.1, 0.15) is 5.82 Å². The summed E-state index contributed by atoms with van der Waals surface area (Å²) in [6.45, 7) is 2.26. The van der Waals surface area contributed by atoms with Crippen molar-refractivity contribution in [3.8, 4) is 0 Å². The van der Waals surface area contributed by atoms with Crippen LogP contribution in [-0.2, 0) is 0 Å². The first kappa shape index (κ1) is 14.8. The van der Waals surface area contributed by atoms with Crippen LogP contribution >= 0.6 is 11.6 Å². The van der Waals surface area contributed by atoms with E-state index in [0.717, 1.165) is 11.5 Å². The van der Waals surface area contributed by atoms with Crippen LogP contribution in [0.2, 0.25) is 5.02 Å². The molecule has 2 rings (SSSR count). The number of hydrogen-bond donors (Lipinski definition) is 0. The molecule has 0 aliphatic heterocycles. The molecule has 0 spiro atoms. The van der Waals surface area contributed by atoms with Crippen LogP contribution in [0.1, 0.15) is 69.8 Å². The van der Waals surface area contributed by atoms with E-state index < -0.39 is 0 Å². The molecule has 0 bridgehead atoms. The van der Waals surface area contributed by atoms with Gasteiger partial charge < -0.3 is 0 Å². The van der Waals surface area contributed by atoms with Crippen LogP contribution in [0.25, 0.3) is 0 Å². The first-order valence-electron chi connectivity index (χ1n) is 7.65. The molecular formula is C17H24ClF. The standard InChI is InChI=1S/C17H24ClF/c1-2-3-4-5-13-6-8-14(9-7-13)15-10-11-16(18)17(19)12-15/h10-14H,2-9H2,1H3/t13-,14-. The van der Waals surface area contributed by atoms with Gasteiger partial charge in [-0.2, -0.15) is 0 Å². The molecule has 1 saturated carbocycles. The van der Waals surface area contributed by atoms with Crippen molar-refractivity contribution in [1.82, 2.24) is 0 Å². The molecule has 0 nitrogen and oxygen atoms in total. The van der Waals surface area contributed by atoms with Crippen LogP contribution in [0.15, 0.2) is 18.2 Å². The van der Waals surface area contributed by atoms with E-state index in [1.54, 1.807) is 12.1 Å². The Hall–Kier alpha value is -0.560. The van der Waals surface area contributed by atoms with Gasteiger partial charge in [-0.05, 0) is 55.2 Å². The number of hydrogen-bond acceptors (Lipinski definition) is 0. The van der Waals surface area contributed by atoms with Crippen LogP contribution in [0.4, 0.5) is 4.39 Å². The van der Waals surface area contributed by atoms with Crippen molar-refractivity contribution in [2.45, 2.75) is 64.2 Å². The van der Waals surface area contributed by atoms with Crippen LogP contribution < -0.4 is 0 Å². The molecular weight excluding hydrogens is 259 g/mol. The van der Waals surface area contributed by atoms with Gasteiger partial charge in [0.15, 0.2) is 0 Å². The number of unbranched alkanes of at least 4 members (excludes halogenated alkanes) is 2. The minimum absolute atomic E-state index is 0.233.